The third-order valence-electron chi connectivity index (χ3n) is 1.85. The lowest BCUT2D eigenvalue weighted by Gasteiger charge is -1.95. The lowest BCUT2D eigenvalue weighted by Crippen LogP contribution is -1.90. The van der Waals surface area contributed by atoms with Crippen LogP contribution in [0.1, 0.15) is 24.5 Å². The molecular weight excluding hydrogens is 112 g/mol. The molecule has 48 valence electrons. The maximum absolute atomic E-state index is 4.05. The van der Waals surface area contributed by atoms with Crippen molar-refractivity contribution in [2.45, 2.75) is 18.8 Å². The van der Waals surface area contributed by atoms with Crippen molar-refractivity contribution >= 4 is 0 Å². The summed E-state index contributed by atoms with van der Waals surface area (Å²) >= 11 is 0. The third kappa shape index (κ3) is 0.745. The standard InChI is InChI=1S/C7H10N2/c1-9-5-8-4-7(9)6-2-3-6/h4-6H,2-3H2,1H3. The van der Waals surface area contributed by atoms with Gasteiger partial charge in [0.2, 0.25) is 0 Å². The summed E-state index contributed by atoms with van der Waals surface area (Å²) in [6.45, 7) is 0. The first kappa shape index (κ1) is 5.03. The summed E-state index contributed by atoms with van der Waals surface area (Å²) in [6, 6.07) is 0. The van der Waals surface area contributed by atoms with E-state index in [0.717, 1.165) is 5.92 Å². The van der Waals surface area contributed by atoms with Gasteiger partial charge in [-0.15, -0.1) is 0 Å². The van der Waals surface area contributed by atoms with Crippen LogP contribution in [0.5, 0.6) is 0 Å². The van der Waals surface area contributed by atoms with Crippen LogP contribution in [0, 0.1) is 0 Å². The molecule has 0 unspecified atom stereocenters. The molecule has 0 amide bonds. The van der Waals surface area contributed by atoms with Gasteiger partial charge >= 0.3 is 0 Å². The number of rotatable bonds is 1. The van der Waals surface area contributed by atoms with Gasteiger partial charge in [-0.25, -0.2) is 4.98 Å². The number of aryl methyl sites for hydroxylation is 1. The van der Waals surface area contributed by atoms with Crippen LogP contribution in [-0.2, 0) is 7.05 Å². The number of aromatic nitrogens is 2. The molecule has 0 aliphatic heterocycles. The van der Waals surface area contributed by atoms with Crippen LogP contribution in [0.2, 0.25) is 0 Å². The van der Waals surface area contributed by atoms with Crippen molar-refractivity contribution in [2.24, 2.45) is 7.05 Å². The Morgan fingerprint density at radius 3 is 2.89 bits per heavy atom. The summed E-state index contributed by atoms with van der Waals surface area (Å²) < 4.78 is 2.11. The second-order valence-electron chi connectivity index (χ2n) is 2.70. The number of hydrogen-bond donors (Lipinski definition) is 0. The Kier molecular flexibility index (Phi) is 0.891. The first-order valence-corrected chi connectivity index (χ1v) is 3.34. The molecule has 1 saturated carbocycles. The van der Waals surface area contributed by atoms with Crippen molar-refractivity contribution in [2.75, 3.05) is 0 Å². The van der Waals surface area contributed by atoms with Gasteiger partial charge in [-0.3, -0.25) is 0 Å². The lowest BCUT2D eigenvalue weighted by atomic mass is 10.3. The molecule has 0 saturated heterocycles. The minimum absolute atomic E-state index is 0.831. The van der Waals surface area contributed by atoms with Gasteiger partial charge in [0.15, 0.2) is 0 Å². The molecule has 2 rings (SSSR count). The second kappa shape index (κ2) is 1.59. The van der Waals surface area contributed by atoms with Gasteiger partial charge in [0.05, 0.1) is 6.33 Å². The highest BCUT2D eigenvalue weighted by atomic mass is 15.0. The highest BCUT2D eigenvalue weighted by Gasteiger charge is 2.25. The van der Waals surface area contributed by atoms with E-state index in [9.17, 15) is 0 Å². The molecule has 1 fully saturated rings. The smallest absolute Gasteiger partial charge is 0.0945 e. The Hall–Kier alpha value is -0.790. The van der Waals surface area contributed by atoms with Crippen LogP contribution in [0.25, 0.3) is 0 Å². The number of nitrogens with zero attached hydrogens (tertiary/aromatic N) is 2. The van der Waals surface area contributed by atoms with Gasteiger partial charge in [-0.05, 0) is 12.8 Å². The largest absolute Gasteiger partial charge is 0.337 e. The van der Waals surface area contributed by atoms with Crippen LogP contribution in [-0.4, -0.2) is 9.55 Å². The first-order chi connectivity index (χ1) is 4.38. The fourth-order valence-electron chi connectivity index (χ4n) is 1.14. The predicted octanol–water partition coefficient (Wildman–Crippen LogP) is 1.30. The molecule has 1 aliphatic carbocycles. The molecule has 0 aromatic carbocycles. The zero-order chi connectivity index (χ0) is 6.27. The van der Waals surface area contributed by atoms with E-state index in [1.165, 1.54) is 18.5 Å². The fourth-order valence-corrected chi connectivity index (χ4v) is 1.14. The van der Waals surface area contributed by atoms with Gasteiger partial charge in [0.25, 0.3) is 0 Å². The Morgan fingerprint density at radius 2 is 2.44 bits per heavy atom. The van der Waals surface area contributed by atoms with Gasteiger partial charge in [0.1, 0.15) is 0 Å². The Labute approximate surface area is 54.5 Å². The average Bonchev–Trinajstić information content (AvgIpc) is 2.58. The van der Waals surface area contributed by atoms with E-state index in [4.69, 9.17) is 0 Å². The van der Waals surface area contributed by atoms with E-state index in [0.29, 0.717) is 0 Å². The summed E-state index contributed by atoms with van der Waals surface area (Å²) in [5, 5.41) is 0. The third-order valence-corrected chi connectivity index (χ3v) is 1.85. The Bertz CT molecular complexity index is 210. The highest BCUT2D eigenvalue weighted by Crippen LogP contribution is 2.39. The topological polar surface area (TPSA) is 17.8 Å². The second-order valence-corrected chi connectivity index (χ2v) is 2.70. The molecule has 1 aliphatic rings. The quantitative estimate of drug-likeness (QED) is 0.549. The van der Waals surface area contributed by atoms with Crippen molar-refractivity contribution in [1.82, 2.24) is 9.55 Å². The average molecular weight is 122 g/mol. The van der Waals surface area contributed by atoms with Crippen LogP contribution in [0.15, 0.2) is 12.5 Å². The molecule has 0 radical (unpaired) electrons. The first-order valence-electron chi connectivity index (χ1n) is 3.34. The molecule has 1 heterocycles. The molecular formula is C7H10N2. The van der Waals surface area contributed by atoms with Crippen molar-refractivity contribution in [3.05, 3.63) is 18.2 Å². The van der Waals surface area contributed by atoms with Crippen LogP contribution >= 0.6 is 0 Å². The van der Waals surface area contributed by atoms with Crippen molar-refractivity contribution in [1.29, 1.82) is 0 Å². The van der Waals surface area contributed by atoms with Gasteiger partial charge in [-0.2, -0.15) is 0 Å². The highest BCUT2D eigenvalue weighted by molar-refractivity contribution is 5.11. The van der Waals surface area contributed by atoms with Crippen molar-refractivity contribution in [3.8, 4) is 0 Å². The summed E-state index contributed by atoms with van der Waals surface area (Å²) in [5.74, 6) is 0.831. The van der Waals surface area contributed by atoms with Crippen molar-refractivity contribution < 1.29 is 0 Å². The lowest BCUT2D eigenvalue weighted by molar-refractivity contribution is 0.826. The molecule has 9 heavy (non-hydrogen) atoms. The maximum Gasteiger partial charge on any atom is 0.0945 e. The summed E-state index contributed by atoms with van der Waals surface area (Å²) in [7, 11) is 2.06. The summed E-state index contributed by atoms with van der Waals surface area (Å²) in [5.41, 5.74) is 1.40. The molecule has 0 bridgehead atoms. The van der Waals surface area contributed by atoms with E-state index >= 15 is 0 Å². The van der Waals surface area contributed by atoms with E-state index in [-0.39, 0.29) is 0 Å². The zero-order valence-electron chi connectivity index (χ0n) is 5.54. The predicted molar refractivity (Wildman–Crippen MR) is 35.2 cm³/mol. The van der Waals surface area contributed by atoms with Crippen LogP contribution < -0.4 is 0 Å². The number of hydrogen-bond acceptors (Lipinski definition) is 1. The molecule has 0 atom stereocenters. The van der Waals surface area contributed by atoms with E-state index in [1.54, 1.807) is 0 Å². The normalized spacial score (nSPS) is 18.3. The van der Waals surface area contributed by atoms with Crippen LogP contribution in [0.4, 0.5) is 0 Å². The molecule has 2 heteroatoms. The SMILES string of the molecule is Cn1cncc1C1CC1. The number of imidazole rings is 1. The van der Waals surface area contributed by atoms with Gasteiger partial charge in [0, 0.05) is 24.9 Å². The Balaban J connectivity index is 2.35. The fraction of sp³-hybridized carbons (Fsp3) is 0.571. The molecule has 2 nitrogen and oxygen atoms in total. The van der Waals surface area contributed by atoms with Gasteiger partial charge < -0.3 is 4.57 Å². The van der Waals surface area contributed by atoms with Crippen LogP contribution in [0.3, 0.4) is 0 Å². The maximum atomic E-state index is 4.05. The minimum Gasteiger partial charge on any atom is -0.337 e. The van der Waals surface area contributed by atoms with E-state index in [2.05, 4.69) is 16.6 Å². The van der Waals surface area contributed by atoms with E-state index < -0.39 is 0 Å². The van der Waals surface area contributed by atoms with Crippen molar-refractivity contribution in [3.63, 3.8) is 0 Å². The van der Waals surface area contributed by atoms with Gasteiger partial charge in [-0.1, -0.05) is 0 Å². The summed E-state index contributed by atoms with van der Waals surface area (Å²) in [6.07, 6.45) is 6.56. The zero-order valence-corrected chi connectivity index (χ0v) is 5.54. The Morgan fingerprint density at radius 1 is 1.67 bits per heavy atom. The molecule has 1 aromatic rings. The summed E-state index contributed by atoms with van der Waals surface area (Å²) in [4.78, 5) is 4.05. The minimum atomic E-state index is 0.831. The molecule has 1 aromatic heterocycles. The molecule has 0 spiro atoms. The van der Waals surface area contributed by atoms with E-state index in [1.807, 2.05) is 12.5 Å². The monoisotopic (exact) mass is 122 g/mol. The molecule has 0 N–H and O–H groups in total.